The first-order valence-electron chi connectivity index (χ1n) is 9.79. The van der Waals surface area contributed by atoms with Crippen molar-refractivity contribution in [1.29, 1.82) is 0 Å². The molecule has 0 bridgehead atoms. The van der Waals surface area contributed by atoms with Crippen LogP contribution >= 0.6 is 15.9 Å². The molecule has 0 aromatic heterocycles. The molecule has 0 aliphatic carbocycles. The summed E-state index contributed by atoms with van der Waals surface area (Å²) in [5, 5.41) is 6.98. The molecule has 3 nitrogen and oxygen atoms in total. The predicted molar refractivity (Wildman–Crippen MR) is 115 cm³/mol. The largest absolute Gasteiger partial charge is 0.464 e. The molecule has 0 N–H and O–H groups in total. The van der Waals surface area contributed by atoms with Crippen LogP contribution in [0.15, 0.2) is 76.3 Å². The van der Waals surface area contributed by atoms with E-state index in [1.165, 1.54) is 17.7 Å². The summed E-state index contributed by atoms with van der Waals surface area (Å²) in [4.78, 5) is 0. The molecule has 146 valence electrons. The summed E-state index contributed by atoms with van der Waals surface area (Å²) in [5.41, 5.74) is 5.48. The van der Waals surface area contributed by atoms with Crippen molar-refractivity contribution >= 4 is 21.6 Å². The van der Waals surface area contributed by atoms with Gasteiger partial charge in [-0.3, -0.25) is 0 Å². The number of nitrogens with zero attached hydrogens (tertiary/aromatic N) is 2. The lowest BCUT2D eigenvalue weighted by atomic mass is 9.95. The van der Waals surface area contributed by atoms with Gasteiger partial charge in [0.2, 0.25) is 6.23 Å². The van der Waals surface area contributed by atoms with Crippen molar-refractivity contribution in [2.75, 3.05) is 0 Å². The van der Waals surface area contributed by atoms with Crippen LogP contribution < -0.4 is 4.74 Å². The number of rotatable bonds is 3. The first-order chi connectivity index (χ1) is 14.1. The molecular formula is C24H20BrFN2O. The third-order valence-corrected chi connectivity index (χ3v) is 6.10. The molecule has 29 heavy (non-hydrogen) atoms. The van der Waals surface area contributed by atoms with E-state index in [2.05, 4.69) is 53.2 Å². The van der Waals surface area contributed by atoms with Gasteiger partial charge in [-0.25, -0.2) is 9.40 Å². The van der Waals surface area contributed by atoms with Crippen LogP contribution in [0.2, 0.25) is 0 Å². The molecule has 0 saturated heterocycles. The van der Waals surface area contributed by atoms with Gasteiger partial charge < -0.3 is 4.74 Å². The number of benzene rings is 3. The molecule has 5 heteroatoms. The molecule has 2 heterocycles. The lowest BCUT2D eigenvalue weighted by Gasteiger charge is -2.38. The maximum absolute atomic E-state index is 13.5. The Balaban J connectivity index is 1.57. The summed E-state index contributed by atoms with van der Waals surface area (Å²) in [6.07, 6.45) is 1.43. The molecule has 2 atom stereocenters. The Morgan fingerprint density at radius 1 is 1.07 bits per heavy atom. The minimum Gasteiger partial charge on any atom is -0.464 e. The predicted octanol–water partition coefficient (Wildman–Crippen LogP) is 6.39. The fourth-order valence-corrected chi connectivity index (χ4v) is 4.39. The number of aryl methyl sites for hydroxylation is 1. The second-order valence-corrected chi connectivity index (χ2v) is 8.32. The normalized spacial score (nSPS) is 20.0. The second kappa shape index (κ2) is 7.30. The summed E-state index contributed by atoms with van der Waals surface area (Å²) in [6, 6.07) is 21.2. The van der Waals surface area contributed by atoms with E-state index >= 15 is 0 Å². The fourth-order valence-electron chi connectivity index (χ4n) is 4.01. The smallest absolute Gasteiger partial charge is 0.213 e. The van der Waals surface area contributed by atoms with Crippen LogP contribution in [-0.4, -0.2) is 10.7 Å². The summed E-state index contributed by atoms with van der Waals surface area (Å²) in [5.74, 6) is 0.591. The van der Waals surface area contributed by atoms with Crippen molar-refractivity contribution in [3.8, 4) is 5.75 Å². The van der Waals surface area contributed by atoms with Gasteiger partial charge in [-0.05, 0) is 47.9 Å². The molecule has 0 radical (unpaired) electrons. The van der Waals surface area contributed by atoms with Gasteiger partial charge in [0, 0.05) is 22.0 Å². The number of hydrogen-bond donors (Lipinski definition) is 0. The van der Waals surface area contributed by atoms with Gasteiger partial charge in [-0.1, -0.05) is 59.3 Å². The van der Waals surface area contributed by atoms with Crippen molar-refractivity contribution in [2.45, 2.75) is 32.0 Å². The topological polar surface area (TPSA) is 24.8 Å². The Hall–Kier alpha value is -2.66. The quantitative estimate of drug-likeness (QED) is 0.461. The molecule has 3 aromatic rings. The summed E-state index contributed by atoms with van der Waals surface area (Å²) >= 11 is 3.58. The minimum atomic E-state index is -0.387. The lowest BCUT2D eigenvalue weighted by molar-refractivity contribution is -0.0191. The zero-order valence-corrected chi connectivity index (χ0v) is 17.6. The Morgan fingerprint density at radius 2 is 1.83 bits per heavy atom. The van der Waals surface area contributed by atoms with E-state index < -0.39 is 0 Å². The number of ether oxygens (including phenoxy) is 1. The van der Waals surface area contributed by atoms with Crippen LogP contribution in [0, 0.1) is 5.82 Å². The highest BCUT2D eigenvalue weighted by Crippen LogP contribution is 2.48. The Morgan fingerprint density at radius 3 is 2.55 bits per heavy atom. The van der Waals surface area contributed by atoms with E-state index in [9.17, 15) is 4.39 Å². The van der Waals surface area contributed by atoms with E-state index in [1.807, 2.05) is 17.1 Å². The zero-order chi connectivity index (χ0) is 20.0. The maximum Gasteiger partial charge on any atom is 0.213 e. The van der Waals surface area contributed by atoms with E-state index in [-0.39, 0.29) is 18.1 Å². The first-order valence-corrected chi connectivity index (χ1v) is 10.6. The Labute approximate surface area is 177 Å². The van der Waals surface area contributed by atoms with Crippen molar-refractivity contribution in [3.63, 3.8) is 0 Å². The van der Waals surface area contributed by atoms with Gasteiger partial charge >= 0.3 is 0 Å². The minimum absolute atomic E-state index is 0.0761. The molecule has 2 aliphatic heterocycles. The first kappa shape index (κ1) is 18.4. The van der Waals surface area contributed by atoms with Gasteiger partial charge in [0.25, 0.3) is 0 Å². The third-order valence-electron chi connectivity index (χ3n) is 5.60. The maximum atomic E-state index is 13.5. The summed E-state index contributed by atoms with van der Waals surface area (Å²) in [6.45, 7) is 2.15. The molecule has 5 rings (SSSR count). The monoisotopic (exact) mass is 450 g/mol. The van der Waals surface area contributed by atoms with Gasteiger partial charge in [-0.15, -0.1) is 0 Å². The van der Waals surface area contributed by atoms with Crippen LogP contribution in [-0.2, 0) is 6.42 Å². The third kappa shape index (κ3) is 3.33. The average molecular weight is 451 g/mol. The van der Waals surface area contributed by atoms with E-state index in [0.717, 1.165) is 45.5 Å². The molecule has 0 saturated carbocycles. The highest BCUT2D eigenvalue weighted by molar-refractivity contribution is 9.10. The fraction of sp³-hybridized carbons (Fsp3) is 0.208. The van der Waals surface area contributed by atoms with Crippen LogP contribution in [0.5, 0.6) is 5.75 Å². The SMILES string of the molecule is CCc1ccc(C2=NN3[C@H](C2)c2cc(Br)ccc2O[C@H]3c2ccc(F)cc2)cc1. The van der Waals surface area contributed by atoms with Crippen molar-refractivity contribution in [2.24, 2.45) is 5.10 Å². The van der Waals surface area contributed by atoms with Crippen LogP contribution in [0.4, 0.5) is 4.39 Å². The lowest BCUT2D eigenvalue weighted by Crippen LogP contribution is -2.33. The Kier molecular flexibility index (Phi) is 4.63. The molecule has 0 spiro atoms. The zero-order valence-electron chi connectivity index (χ0n) is 16.0. The van der Waals surface area contributed by atoms with E-state index in [4.69, 9.17) is 9.84 Å². The molecule has 2 aliphatic rings. The van der Waals surface area contributed by atoms with Crippen LogP contribution in [0.1, 0.15) is 47.9 Å². The van der Waals surface area contributed by atoms with E-state index in [1.54, 1.807) is 12.1 Å². The van der Waals surface area contributed by atoms with Gasteiger partial charge in [0.15, 0.2) is 0 Å². The second-order valence-electron chi connectivity index (χ2n) is 7.40. The standard InChI is InChI=1S/C24H20BrFN2O/c1-2-15-3-5-16(6-4-15)21-14-22-20-13-18(25)9-12-23(20)29-24(28(22)27-21)17-7-10-19(26)11-8-17/h3-13,22,24H,2,14H2,1H3/t22-,24+/m1/s1. The van der Waals surface area contributed by atoms with Gasteiger partial charge in [-0.2, -0.15) is 5.10 Å². The van der Waals surface area contributed by atoms with E-state index in [0.29, 0.717) is 0 Å². The van der Waals surface area contributed by atoms with Gasteiger partial charge in [0.05, 0.1) is 11.8 Å². The summed E-state index contributed by atoms with van der Waals surface area (Å²) < 4.78 is 20.8. The number of fused-ring (bicyclic) bond motifs is 3. The molecule has 0 unspecified atom stereocenters. The van der Waals surface area contributed by atoms with Crippen molar-refractivity contribution in [1.82, 2.24) is 5.01 Å². The number of hydrogen-bond acceptors (Lipinski definition) is 3. The number of halogens is 2. The Bertz CT molecular complexity index is 1080. The molecule has 3 aromatic carbocycles. The number of hydrazone groups is 1. The van der Waals surface area contributed by atoms with Crippen molar-refractivity contribution in [3.05, 3.63) is 99.3 Å². The van der Waals surface area contributed by atoms with Crippen LogP contribution in [0.25, 0.3) is 0 Å². The average Bonchev–Trinajstić information content (AvgIpc) is 3.20. The highest BCUT2D eigenvalue weighted by atomic mass is 79.9. The molecular weight excluding hydrogens is 431 g/mol. The van der Waals surface area contributed by atoms with Crippen molar-refractivity contribution < 1.29 is 9.13 Å². The molecule has 0 fully saturated rings. The van der Waals surface area contributed by atoms with Gasteiger partial charge in [0.1, 0.15) is 11.6 Å². The summed E-state index contributed by atoms with van der Waals surface area (Å²) in [7, 11) is 0. The molecule has 0 amide bonds. The highest BCUT2D eigenvalue weighted by Gasteiger charge is 2.41. The van der Waals surface area contributed by atoms with Crippen LogP contribution in [0.3, 0.4) is 0 Å².